The van der Waals surface area contributed by atoms with Gasteiger partial charge in [0.2, 0.25) is 0 Å². The lowest BCUT2D eigenvalue weighted by Crippen LogP contribution is -2.47. The summed E-state index contributed by atoms with van der Waals surface area (Å²) in [4.78, 5) is 2.49. The Labute approximate surface area is 173 Å². The van der Waals surface area contributed by atoms with Gasteiger partial charge in [0.25, 0.3) is 0 Å². The van der Waals surface area contributed by atoms with E-state index in [4.69, 9.17) is 14.2 Å². The van der Waals surface area contributed by atoms with Crippen LogP contribution in [0, 0.1) is 11.8 Å². The van der Waals surface area contributed by atoms with Crippen LogP contribution in [0.25, 0.3) is 0 Å². The number of rotatable bonds is 10. The molecule has 2 saturated heterocycles. The van der Waals surface area contributed by atoms with E-state index in [1.165, 1.54) is 6.42 Å². The van der Waals surface area contributed by atoms with E-state index in [2.05, 4.69) is 72.7 Å². The molecular formula is C23H46N2O3. The highest BCUT2D eigenvalue weighted by Crippen LogP contribution is 2.43. The summed E-state index contributed by atoms with van der Waals surface area (Å²) in [6.07, 6.45) is 2.33. The van der Waals surface area contributed by atoms with Crippen LogP contribution in [-0.2, 0) is 14.2 Å². The topological polar surface area (TPSA) is 43.0 Å². The van der Waals surface area contributed by atoms with Gasteiger partial charge < -0.3 is 19.5 Å². The Bertz CT molecular complexity index is 502. The van der Waals surface area contributed by atoms with Crippen molar-refractivity contribution in [1.82, 2.24) is 10.2 Å². The van der Waals surface area contributed by atoms with Crippen LogP contribution in [0.3, 0.4) is 0 Å². The third kappa shape index (κ3) is 5.91. The Morgan fingerprint density at radius 3 is 1.68 bits per heavy atom. The van der Waals surface area contributed by atoms with Crippen molar-refractivity contribution in [3.8, 4) is 0 Å². The lowest BCUT2D eigenvalue weighted by atomic mass is 9.88. The molecular weight excluding hydrogens is 352 g/mol. The maximum atomic E-state index is 5.93. The molecule has 5 nitrogen and oxygen atoms in total. The maximum Gasteiger partial charge on any atom is 0.0701 e. The molecule has 0 aliphatic carbocycles. The lowest BCUT2D eigenvalue weighted by Gasteiger charge is -2.38. The standard InChI is InChI=1S/C23H46N2O3/c1-20(2)14-18(22(5,6)24-20)16-27-12-10-26-11-13-28-17-19-15-21(3,4)25(9)23(19,7)8/h18-19,24H,10-17H2,1-9H3. The van der Waals surface area contributed by atoms with E-state index in [1.54, 1.807) is 0 Å². The molecule has 0 amide bonds. The molecule has 0 bridgehead atoms. The Kier molecular flexibility index (Phi) is 7.64. The fraction of sp³-hybridized carbons (Fsp3) is 1.00. The third-order valence-electron chi connectivity index (χ3n) is 7.34. The van der Waals surface area contributed by atoms with Gasteiger partial charge in [-0.3, -0.25) is 4.90 Å². The first-order chi connectivity index (χ1) is 12.8. The summed E-state index contributed by atoms with van der Waals surface area (Å²) in [5.74, 6) is 1.10. The van der Waals surface area contributed by atoms with E-state index in [-0.39, 0.29) is 22.2 Å². The van der Waals surface area contributed by atoms with Crippen LogP contribution >= 0.6 is 0 Å². The first-order valence-corrected chi connectivity index (χ1v) is 11.0. The molecule has 0 aromatic carbocycles. The van der Waals surface area contributed by atoms with E-state index >= 15 is 0 Å². The van der Waals surface area contributed by atoms with Gasteiger partial charge in [0, 0.05) is 34.0 Å². The van der Waals surface area contributed by atoms with Gasteiger partial charge in [-0.15, -0.1) is 0 Å². The highest BCUT2D eigenvalue weighted by molar-refractivity contribution is 5.04. The second-order valence-corrected chi connectivity index (χ2v) is 11.3. The van der Waals surface area contributed by atoms with Crippen molar-refractivity contribution in [3.63, 3.8) is 0 Å². The largest absolute Gasteiger partial charge is 0.379 e. The van der Waals surface area contributed by atoms with Crippen LogP contribution in [0.15, 0.2) is 0 Å². The molecule has 2 fully saturated rings. The van der Waals surface area contributed by atoms with Crippen molar-refractivity contribution in [2.24, 2.45) is 11.8 Å². The Morgan fingerprint density at radius 2 is 1.25 bits per heavy atom. The predicted molar refractivity (Wildman–Crippen MR) is 116 cm³/mol. The summed E-state index contributed by atoms with van der Waals surface area (Å²) in [6, 6.07) is 0. The third-order valence-corrected chi connectivity index (χ3v) is 7.34. The molecule has 2 unspecified atom stereocenters. The summed E-state index contributed by atoms with van der Waals surface area (Å²) < 4.78 is 17.5. The molecule has 2 heterocycles. The van der Waals surface area contributed by atoms with E-state index in [0.717, 1.165) is 19.6 Å². The van der Waals surface area contributed by atoms with Gasteiger partial charge >= 0.3 is 0 Å². The van der Waals surface area contributed by atoms with Gasteiger partial charge in [0.15, 0.2) is 0 Å². The molecule has 0 radical (unpaired) electrons. The quantitative estimate of drug-likeness (QED) is 0.568. The minimum atomic E-state index is 0.134. The molecule has 0 spiro atoms. The summed E-state index contributed by atoms with van der Waals surface area (Å²) in [5.41, 5.74) is 0.748. The zero-order valence-electron chi connectivity index (χ0n) is 20.0. The van der Waals surface area contributed by atoms with Crippen LogP contribution in [0.2, 0.25) is 0 Å². The van der Waals surface area contributed by atoms with Crippen molar-refractivity contribution in [2.45, 2.75) is 90.4 Å². The average molecular weight is 399 g/mol. The predicted octanol–water partition coefficient (Wildman–Crippen LogP) is 3.71. The smallest absolute Gasteiger partial charge is 0.0701 e. The summed E-state index contributed by atoms with van der Waals surface area (Å²) in [7, 11) is 2.23. The molecule has 2 aliphatic rings. The van der Waals surface area contributed by atoms with Crippen molar-refractivity contribution < 1.29 is 14.2 Å². The number of hydrogen-bond acceptors (Lipinski definition) is 5. The van der Waals surface area contributed by atoms with Gasteiger partial charge in [-0.25, -0.2) is 0 Å². The zero-order valence-corrected chi connectivity index (χ0v) is 20.0. The van der Waals surface area contributed by atoms with E-state index in [0.29, 0.717) is 38.3 Å². The number of likely N-dealkylation sites (tertiary alicyclic amines) is 1. The molecule has 2 aliphatic heterocycles. The van der Waals surface area contributed by atoms with Crippen molar-refractivity contribution in [1.29, 1.82) is 0 Å². The van der Waals surface area contributed by atoms with Gasteiger partial charge in [-0.2, -0.15) is 0 Å². The minimum Gasteiger partial charge on any atom is -0.379 e. The minimum absolute atomic E-state index is 0.134. The van der Waals surface area contributed by atoms with Crippen molar-refractivity contribution in [3.05, 3.63) is 0 Å². The van der Waals surface area contributed by atoms with Crippen LogP contribution < -0.4 is 5.32 Å². The monoisotopic (exact) mass is 398 g/mol. The van der Waals surface area contributed by atoms with E-state index in [9.17, 15) is 0 Å². The molecule has 2 rings (SSSR count). The molecule has 2 atom stereocenters. The number of nitrogens with zero attached hydrogens (tertiary/aromatic N) is 1. The average Bonchev–Trinajstić information content (AvgIpc) is 2.85. The second kappa shape index (κ2) is 8.89. The fourth-order valence-electron chi connectivity index (χ4n) is 5.26. The number of nitrogens with one attached hydrogen (secondary N) is 1. The van der Waals surface area contributed by atoms with Crippen LogP contribution in [0.5, 0.6) is 0 Å². The molecule has 28 heavy (non-hydrogen) atoms. The molecule has 5 heteroatoms. The first-order valence-electron chi connectivity index (χ1n) is 11.0. The van der Waals surface area contributed by atoms with Crippen molar-refractivity contribution >= 4 is 0 Å². The first kappa shape index (κ1) is 24.1. The number of hydrogen-bond donors (Lipinski definition) is 1. The summed E-state index contributed by atoms with van der Waals surface area (Å²) >= 11 is 0. The highest BCUT2D eigenvalue weighted by atomic mass is 16.5. The van der Waals surface area contributed by atoms with Gasteiger partial charge in [0.1, 0.15) is 0 Å². The number of ether oxygens (including phenoxy) is 3. The molecule has 0 aromatic heterocycles. The fourth-order valence-corrected chi connectivity index (χ4v) is 5.26. The molecule has 1 N–H and O–H groups in total. The molecule has 0 aromatic rings. The van der Waals surface area contributed by atoms with Gasteiger partial charge in [-0.1, -0.05) is 0 Å². The van der Waals surface area contributed by atoms with Crippen LogP contribution in [0.4, 0.5) is 0 Å². The zero-order chi connectivity index (χ0) is 21.2. The SMILES string of the molecule is CN1C(C)(C)CC(COCCOCCOCC2CC(C)(C)NC2(C)C)C1(C)C. The molecule has 166 valence electrons. The normalized spacial score (nSPS) is 30.8. The Balaban J connectivity index is 1.52. The van der Waals surface area contributed by atoms with Crippen molar-refractivity contribution in [2.75, 3.05) is 46.7 Å². The van der Waals surface area contributed by atoms with Crippen LogP contribution in [0.1, 0.15) is 68.2 Å². The van der Waals surface area contributed by atoms with Gasteiger partial charge in [0.05, 0.1) is 39.6 Å². The van der Waals surface area contributed by atoms with E-state index < -0.39 is 0 Å². The summed E-state index contributed by atoms with van der Waals surface area (Å²) in [5, 5.41) is 3.70. The Morgan fingerprint density at radius 1 is 0.750 bits per heavy atom. The van der Waals surface area contributed by atoms with Crippen LogP contribution in [-0.4, -0.2) is 73.7 Å². The second-order valence-electron chi connectivity index (χ2n) is 11.3. The highest BCUT2D eigenvalue weighted by Gasteiger charge is 2.49. The van der Waals surface area contributed by atoms with E-state index in [1.807, 2.05) is 0 Å². The lowest BCUT2D eigenvalue weighted by molar-refractivity contribution is -0.00865. The van der Waals surface area contributed by atoms with Gasteiger partial charge in [-0.05, 0) is 75.3 Å². The molecule has 0 saturated carbocycles. The summed E-state index contributed by atoms with van der Waals surface area (Å²) in [6.45, 7) is 22.6. The Hall–Kier alpha value is -0.200. The maximum absolute atomic E-state index is 5.93.